The molecule has 1 atom stereocenters. The first-order valence-electron chi connectivity index (χ1n) is 10.3. The number of ether oxygens (including phenoxy) is 2. The van der Waals surface area contributed by atoms with E-state index in [0.717, 1.165) is 0 Å². The van der Waals surface area contributed by atoms with Crippen molar-refractivity contribution in [3.05, 3.63) is 63.6 Å². The largest absolute Gasteiger partial charge is 0.490 e. The minimum Gasteiger partial charge on any atom is -0.490 e. The smallest absolute Gasteiger partial charge is 0.246 e. The maximum atomic E-state index is 12.7. The van der Waals surface area contributed by atoms with E-state index in [9.17, 15) is 14.4 Å². The molecule has 33 heavy (non-hydrogen) atoms. The molecule has 0 aliphatic carbocycles. The summed E-state index contributed by atoms with van der Waals surface area (Å²) in [5.41, 5.74) is 1.58. The molecule has 2 aromatic rings. The van der Waals surface area contributed by atoms with Gasteiger partial charge in [-0.3, -0.25) is 14.4 Å². The zero-order valence-corrected chi connectivity index (χ0v) is 19.8. The lowest BCUT2D eigenvalue weighted by Gasteiger charge is -2.32. The first-order chi connectivity index (χ1) is 15.7. The highest BCUT2D eigenvalue weighted by Crippen LogP contribution is 2.25. The highest BCUT2D eigenvalue weighted by atomic mass is 35.5. The van der Waals surface area contributed by atoms with Crippen molar-refractivity contribution in [3.8, 4) is 5.75 Å². The molecule has 1 N–H and O–H groups in total. The number of morpholine rings is 1. The van der Waals surface area contributed by atoms with Crippen LogP contribution in [0.2, 0.25) is 10.0 Å². The van der Waals surface area contributed by atoms with E-state index < -0.39 is 0 Å². The van der Waals surface area contributed by atoms with Crippen molar-refractivity contribution in [2.45, 2.75) is 20.0 Å². The maximum Gasteiger partial charge on any atom is 0.246 e. The average molecular weight is 491 g/mol. The van der Waals surface area contributed by atoms with E-state index in [1.165, 1.54) is 19.9 Å². The van der Waals surface area contributed by atoms with Crippen molar-refractivity contribution in [2.24, 2.45) is 0 Å². The van der Waals surface area contributed by atoms with Gasteiger partial charge < -0.3 is 19.7 Å². The van der Waals surface area contributed by atoms with E-state index in [0.29, 0.717) is 52.3 Å². The Balaban J connectivity index is 1.62. The van der Waals surface area contributed by atoms with Gasteiger partial charge in [-0.1, -0.05) is 29.3 Å². The molecular formula is C24H24Cl2N2O5. The predicted molar refractivity (Wildman–Crippen MR) is 128 cm³/mol. The highest BCUT2D eigenvalue weighted by molar-refractivity contribution is 6.31. The number of carbonyl (C=O) groups excluding carboxylic acids is 3. The Labute approximate surface area is 202 Å². The molecule has 1 aliphatic heterocycles. The van der Waals surface area contributed by atoms with Crippen LogP contribution in [0.1, 0.15) is 29.8 Å². The lowest BCUT2D eigenvalue weighted by atomic mass is 10.1. The van der Waals surface area contributed by atoms with Crippen LogP contribution >= 0.6 is 23.2 Å². The minimum absolute atomic E-state index is 0.153. The Bertz CT molecular complexity index is 1090. The van der Waals surface area contributed by atoms with Gasteiger partial charge in [-0.15, -0.1) is 0 Å². The van der Waals surface area contributed by atoms with Crippen molar-refractivity contribution < 1.29 is 23.9 Å². The molecule has 0 radical (unpaired) electrons. The molecule has 1 fully saturated rings. The monoisotopic (exact) mass is 490 g/mol. The molecule has 1 heterocycles. The summed E-state index contributed by atoms with van der Waals surface area (Å²) in [5.74, 6) is -0.155. The molecule has 2 amide bonds. The van der Waals surface area contributed by atoms with Crippen molar-refractivity contribution in [3.63, 3.8) is 0 Å². The third kappa shape index (κ3) is 7.05. The summed E-state index contributed by atoms with van der Waals surface area (Å²) >= 11 is 12.0. The minimum atomic E-state index is -0.350. The third-order valence-electron chi connectivity index (χ3n) is 4.93. The Morgan fingerprint density at radius 3 is 2.61 bits per heavy atom. The van der Waals surface area contributed by atoms with Crippen LogP contribution in [-0.2, 0) is 14.3 Å². The van der Waals surface area contributed by atoms with Crippen molar-refractivity contribution in [1.82, 2.24) is 4.90 Å². The first-order valence-corrected chi connectivity index (χ1v) is 11.1. The van der Waals surface area contributed by atoms with E-state index in [-0.39, 0.29) is 30.3 Å². The van der Waals surface area contributed by atoms with Crippen LogP contribution in [0.4, 0.5) is 5.69 Å². The predicted octanol–water partition coefficient (Wildman–Crippen LogP) is 4.47. The number of benzene rings is 2. The van der Waals surface area contributed by atoms with Crippen LogP contribution in [0.3, 0.4) is 0 Å². The first kappa shape index (κ1) is 24.8. The summed E-state index contributed by atoms with van der Waals surface area (Å²) in [6.07, 6.45) is 2.74. The molecule has 0 spiro atoms. The second-order valence-corrected chi connectivity index (χ2v) is 8.40. The molecule has 1 unspecified atom stereocenters. The summed E-state index contributed by atoms with van der Waals surface area (Å²) in [6, 6.07) is 9.90. The number of halogens is 2. The van der Waals surface area contributed by atoms with Gasteiger partial charge in [0, 0.05) is 35.3 Å². The number of Topliss-reactive ketones (excluding diaryl/α,β-unsaturated/α-hetero) is 1. The van der Waals surface area contributed by atoms with Crippen LogP contribution in [0.15, 0.2) is 42.5 Å². The van der Waals surface area contributed by atoms with Crippen LogP contribution < -0.4 is 10.1 Å². The SMILES string of the molecule is CC(=O)Nc1cc(Cl)ccc1/C=C/C(=O)N1CCOC(COc2ccc(Cl)cc2C(C)=O)C1. The fourth-order valence-corrected chi connectivity index (χ4v) is 3.69. The van der Waals surface area contributed by atoms with E-state index in [1.807, 2.05) is 0 Å². The summed E-state index contributed by atoms with van der Waals surface area (Å²) in [4.78, 5) is 37.7. The topological polar surface area (TPSA) is 84.9 Å². The summed E-state index contributed by atoms with van der Waals surface area (Å²) in [7, 11) is 0. The van der Waals surface area contributed by atoms with Gasteiger partial charge >= 0.3 is 0 Å². The van der Waals surface area contributed by atoms with Crippen LogP contribution in [0.5, 0.6) is 5.75 Å². The van der Waals surface area contributed by atoms with Crippen LogP contribution in [0, 0.1) is 0 Å². The third-order valence-corrected chi connectivity index (χ3v) is 5.40. The average Bonchev–Trinajstić information content (AvgIpc) is 2.77. The molecule has 174 valence electrons. The molecule has 2 aromatic carbocycles. The van der Waals surface area contributed by atoms with E-state index in [2.05, 4.69) is 5.32 Å². The molecule has 3 rings (SSSR count). The fourth-order valence-electron chi connectivity index (χ4n) is 3.34. The number of hydrogen-bond donors (Lipinski definition) is 1. The Kier molecular flexibility index (Phi) is 8.49. The Hall–Kier alpha value is -2.87. The number of ketones is 1. The second kappa shape index (κ2) is 11.3. The van der Waals surface area contributed by atoms with Gasteiger partial charge in [0.2, 0.25) is 11.8 Å². The van der Waals surface area contributed by atoms with Gasteiger partial charge in [-0.25, -0.2) is 0 Å². The van der Waals surface area contributed by atoms with Crippen molar-refractivity contribution in [1.29, 1.82) is 0 Å². The molecular weight excluding hydrogens is 467 g/mol. The van der Waals surface area contributed by atoms with Crippen LogP contribution in [-0.4, -0.2) is 54.9 Å². The molecule has 0 saturated carbocycles. The number of anilines is 1. The number of carbonyl (C=O) groups is 3. The van der Waals surface area contributed by atoms with Gasteiger partial charge in [-0.2, -0.15) is 0 Å². The second-order valence-electron chi connectivity index (χ2n) is 7.53. The van der Waals surface area contributed by atoms with Gasteiger partial charge in [0.1, 0.15) is 18.5 Å². The Morgan fingerprint density at radius 2 is 1.88 bits per heavy atom. The Morgan fingerprint density at radius 1 is 1.15 bits per heavy atom. The molecule has 7 nitrogen and oxygen atoms in total. The lowest BCUT2D eigenvalue weighted by Crippen LogP contribution is -2.47. The normalized spacial score (nSPS) is 16.0. The standard InChI is InChI=1S/C24H24Cl2N2O5/c1-15(29)21-11-18(25)6-7-23(21)33-14-20-13-28(9-10-32-20)24(31)8-4-17-3-5-19(26)12-22(17)27-16(2)30/h3-8,11-12,20H,9-10,13-14H2,1-2H3,(H,27,30)/b8-4+. The zero-order valence-electron chi connectivity index (χ0n) is 18.3. The maximum absolute atomic E-state index is 12.7. The number of rotatable bonds is 7. The number of amides is 2. The molecule has 0 bridgehead atoms. The molecule has 9 heteroatoms. The number of hydrogen-bond acceptors (Lipinski definition) is 5. The van der Waals surface area contributed by atoms with Gasteiger partial charge in [0.05, 0.1) is 18.7 Å². The van der Waals surface area contributed by atoms with Crippen molar-refractivity contribution in [2.75, 3.05) is 31.6 Å². The summed E-state index contributed by atoms with van der Waals surface area (Å²) in [6.45, 7) is 4.17. The van der Waals surface area contributed by atoms with E-state index in [4.69, 9.17) is 32.7 Å². The lowest BCUT2D eigenvalue weighted by molar-refractivity contribution is -0.134. The van der Waals surface area contributed by atoms with Gasteiger partial charge in [0.25, 0.3) is 0 Å². The highest BCUT2D eigenvalue weighted by Gasteiger charge is 2.24. The summed E-state index contributed by atoms with van der Waals surface area (Å²) in [5, 5.41) is 3.63. The molecule has 1 aliphatic rings. The van der Waals surface area contributed by atoms with Crippen molar-refractivity contribution >= 4 is 52.6 Å². The fraction of sp³-hybridized carbons (Fsp3) is 0.292. The quantitative estimate of drug-likeness (QED) is 0.456. The zero-order chi connectivity index (χ0) is 24.0. The number of nitrogens with zero attached hydrogens (tertiary/aromatic N) is 1. The van der Waals surface area contributed by atoms with Gasteiger partial charge in [-0.05, 0) is 48.9 Å². The number of nitrogens with one attached hydrogen (secondary N) is 1. The van der Waals surface area contributed by atoms with E-state index in [1.54, 1.807) is 47.4 Å². The van der Waals surface area contributed by atoms with Crippen LogP contribution in [0.25, 0.3) is 6.08 Å². The van der Waals surface area contributed by atoms with E-state index >= 15 is 0 Å². The van der Waals surface area contributed by atoms with Gasteiger partial charge in [0.15, 0.2) is 5.78 Å². The molecule has 0 aromatic heterocycles. The summed E-state index contributed by atoms with van der Waals surface area (Å²) < 4.78 is 11.5. The molecule has 1 saturated heterocycles.